The van der Waals surface area contributed by atoms with Crippen LogP contribution in [0.4, 0.5) is 0 Å². The molecule has 1 aliphatic heterocycles. The molecule has 3 N–H and O–H groups in total. The number of aliphatic imine (C=N–C) groups is 1. The number of guanidine groups is 1. The molecule has 3 aromatic rings. The zero-order valence-corrected chi connectivity index (χ0v) is 18.9. The number of hydrogen-bond acceptors (Lipinski definition) is 4. The van der Waals surface area contributed by atoms with Gasteiger partial charge in [-0.05, 0) is 23.3 Å². The maximum atomic E-state index is 6.13. The van der Waals surface area contributed by atoms with Crippen molar-refractivity contribution in [3.05, 3.63) is 89.6 Å². The zero-order valence-electron chi connectivity index (χ0n) is 16.5. The molecule has 30 heavy (non-hydrogen) atoms. The third kappa shape index (κ3) is 5.85. The van der Waals surface area contributed by atoms with Gasteiger partial charge in [0, 0.05) is 24.2 Å². The molecule has 0 fully saturated rings. The molecule has 0 spiro atoms. The summed E-state index contributed by atoms with van der Waals surface area (Å²) in [6, 6.07) is 21.9. The van der Waals surface area contributed by atoms with Gasteiger partial charge >= 0.3 is 0 Å². The highest BCUT2D eigenvalue weighted by molar-refractivity contribution is 14.0. The quantitative estimate of drug-likeness (QED) is 0.292. The predicted molar refractivity (Wildman–Crippen MR) is 128 cm³/mol. The second-order valence-electron chi connectivity index (χ2n) is 6.85. The Balaban J connectivity index is 0.00000256. The number of para-hydroxylation sites is 1. The van der Waals surface area contributed by atoms with E-state index in [0.717, 1.165) is 28.9 Å². The van der Waals surface area contributed by atoms with Crippen LogP contribution >= 0.6 is 24.0 Å². The molecule has 2 heterocycles. The van der Waals surface area contributed by atoms with Crippen LogP contribution in [0, 0.1) is 0 Å². The van der Waals surface area contributed by atoms with Crippen LogP contribution < -0.4 is 20.5 Å². The Hall–Kier alpha value is -2.81. The Labute approximate surface area is 193 Å². The smallest absolute Gasteiger partial charge is 0.213 e. The van der Waals surface area contributed by atoms with Gasteiger partial charge < -0.3 is 20.5 Å². The second kappa shape index (κ2) is 10.8. The lowest BCUT2D eigenvalue weighted by molar-refractivity contribution is 0.262. The number of aromatic nitrogens is 1. The highest BCUT2D eigenvalue weighted by Gasteiger charge is 2.21. The number of fused-ring (bicyclic) bond motifs is 1. The first-order valence-corrected chi connectivity index (χ1v) is 9.68. The summed E-state index contributed by atoms with van der Waals surface area (Å²) >= 11 is 0. The number of nitrogens with two attached hydrogens (primary N) is 1. The molecule has 156 valence electrons. The van der Waals surface area contributed by atoms with Crippen molar-refractivity contribution in [2.24, 2.45) is 10.7 Å². The Morgan fingerprint density at radius 3 is 2.77 bits per heavy atom. The summed E-state index contributed by atoms with van der Waals surface area (Å²) < 4.78 is 11.5. The van der Waals surface area contributed by atoms with E-state index in [1.807, 2.05) is 60.7 Å². The molecular formula is C23H25IN4O2. The molecule has 1 aromatic heterocycles. The molecule has 0 bridgehead atoms. The number of hydrogen-bond donors (Lipinski definition) is 2. The van der Waals surface area contributed by atoms with Crippen molar-refractivity contribution in [3.8, 4) is 11.6 Å². The van der Waals surface area contributed by atoms with Gasteiger partial charge in [-0.2, -0.15) is 0 Å². The van der Waals surface area contributed by atoms with Crippen molar-refractivity contribution in [1.82, 2.24) is 10.3 Å². The van der Waals surface area contributed by atoms with E-state index in [0.29, 0.717) is 31.6 Å². The van der Waals surface area contributed by atoms with Crippen LogP contribution in [0.15, 0.2) is 77.9 Å². The number of nitrogens with zero attached hydrogens (tertiary/aromatic N) is 2. The van der Waals surface area contributed by atoms with Gasteiger partial charge in [-0.3, -0.25) is 0 Å². The van der Waals surface area contributed by atoms with E-state index in [2.05, 4.69) is 21.4 Å². The molecule has 1 atom stereocenters. The first kappa shape index (κ1) is 21.9. The molecule has 6 nitrogen and oxygen atoms in total. The standard InChI is InChI=1S/C23H24N4O2.HI/c24-23(27-20-11-13-28-21-9-5-4-8-19(20)21)26-15-18-10-12-25-22(14-18)29-16-17-6-2-1-3-7-17;/h1-10,12,14,20H,11,13,15-16H2,(H3,24,26,27);1H. The van der Waals surface area contributed by atoms with E-state index in [-0.39, 0.29) is 30.0 Å². The van der Waals surface area contributed by atoms with E-state index in [9.17, 15) is 0 Å². The number of benzene rings is 2. The topological polar surface area (TPSA) is 81.8 Å². The van der Waals surface area contributed by atoms with Crippen molar-refractivity contribution in [3.63, 3.8) is 0 Å². The van der Waals surface area contributed by atoms with Crippen molar-refractivity contribution < 1.29 is 9.47 Å². The summed E-state index contributed by atoms with van der Waals surface area (Å²) in [5.74, 6) is 1.89. The molecule has 0 saturated carbocycles. The van der Waals surface area contributed by atoms with Crippen LogP contribution in [0.5, 0.6) is 11.6 Å². The average molecular weight is 516 g/mol. The number of rotatable bonds is 6. The summed E-state index contributed by atoms with van der Waals surface area (Å²) in [7, 11) is 0. The molecule has 7 heteroatoms. The maximum Gasteiger partial charge on any atom is 0.213 e. The Kier molecular flexibility index (Phi) is 7.89. The van der Waals surface area contributed by atoms with E-state index >= 15 is 0 Å². The number of nitrogens with one attached hydrogen (secondary N) is 1. The largest absolute Gasteiger partial charge is 0.493 e. The Morgan fingerprint density at radius 2 is 1.90 bits per heavy atom. The molecule has 0 saturated heterocycles. The van der Waals surface area contributed by atoms with Gasteiger partial charge in [-0.15, -0.1) is 24.0 Å². The number of pyridine rings is 1. The van der Waals surface area contributed by atoms with Crippen LogP contribution in [0.3, 0.4) is 0 Å². The maximum absolute atomic E-state index is 6.13. The van der Waals surface area contributed by atoms with Gasteiger partial charge in [0.05, 0.1) is 19.2 Å². The molecular weight excluding hydrogens is 491 g/mol. The van der Waals surface area contributed by atoms with Crippen molar-refractivity contribution in [1.29, 1.82) is 0 Å². The molecule has 2 aromatic carbocycles. The van der Waals surface area contributed by atoms with Crippen LogP contribution in [0.2, 0.25) is 0 Å². The van der Waals surface area contributed by atoms with Crippen LogP contribution in [-0.4, -0.2) is 17.6 Å². The lowest BCUT2D eigenvalue weighted by Gasteiger charge is -2.26. The van der Waals surface area contributed by atoms with Crippen molar-refractivity contribution >= 4 is 29.9 Å². The Bertz CT molecular complexity index is 982. The third-order valence-corrected chi connectivity index (χ3v) is 4.74. The highest BCUT2D eigenvalue weighted by Crippen LogP contribution is 2.31. The summed E-state index contributed by atoms with van der Waals surface area (Å²) in [6.45, 7) is 1.59. The van der Waals surface area contributed by atoms with Crippen molar-refractivity contribution in [2.75, 3.05) is 6.61 Å². The predicted octanol–water partition coefficient (Wildman–Crippen LogP) is 4.21. The SMILES string of the molecule is I.NC(=NCc1ccnc(OCc2ccccc2)c1)NC1CCOc2ccccc21. The minimum atomic E-state index is 0. The minimum absolute atomic E-state index is 0. The fourth-order valence-electron chi connectivity index (χ4n) is 3.25. The summed E-state index contributed by atoms with van der Waals surface area (Å²) in [6.07, 6.45) is 2.57. The van der Waals surface area contributed by atoms with Gasteiger partial charge in [0.1, 0.15) is 12.4 Å². The molecule has 1 aliphatic rings. The first-order chi connectivity index (χ1) is 14.3. The first-order valence-electron chi connectivity index (χ1n) is 9.68. The van der Waals surface area contributed by atoms with E-state index in [1.165, 1.54) is 0 Å². The summed E-state index contributed by atoms with van der Waals surface area (Å²) in [5, 5.41) is 3.31. The number of ether oxygens (including phenoxy) is 2. The van der Waals surface area contributed by atoms with E-state index in [1.54, 1.807) is 6.20 Å². The highest BCUT2D eigenvalue weighted by atomic mass is 127. The second-order valence-corrected chi connectivity index (χ2v) is 6.85. The molecule has 0 radical (unpaired) electrons. The average Bonchev–Trinajstić information content (AvgIpc) is 2.78. The van der Waals surface area contributed by atoms with Gasteiger partial charge in [0.25, 0.3) is 0 Å². The lowest BCUT2D eigenvalue weighted by Crippen LogP contribution is -2.37. The van der Waals surface area contributed by atoms with E-state index in [4.69, 9.17) is 15.2 Å². The summed E-state index contributed by atoms with van der Waals surface area (Å²) in [4.78, 5) is 8.75. The van der Waals surface area contributed by atoms with Crippen LogP contribution in [0.25, 0.3) is 0 Å². The van der Waals surface area contributed by atoms with Gasteiger partial charge in [-0.1, -0.05) is 48.5 Å². The monoisotopic (exact) mass is 516 g/mol. The van der Waals surface area contributed by atoms with Crippen LogP contribution in [-0.2, 0) is 13.2 Å². The fraction of sp³-hybridized carbons (Fsp3) is 0.217. The minimum Gasteiger partial charge on any atom is -0.493 e. The van der Waals surface area contributed by atoms with Crippen molar-refractivity contribution in [2.45, 2.75) is 25.6 Å². The van der Waals surface area contributed by atoms with Gasteiger partial charge in [0.15, 0.2) is 5.96 Å². The van der Waals surface area contributed by atoms with Crippen LogP contribution in [0.1, 0.15) is 29.2 Å². The van der Waals surface area contributed by atoms with Gasteiger partial charge in [0.2, 0.25) is 5.88 Å². The fourth-order valence-corrected chi connectivity index (χ4v) is 3.25. The molecule has 0 amide bonds. The normalized spacial score (nSPS) is 15.3. The zero-order chi connectivity index (χ0) is 19.9. The number of halogens is 1. The molecule has 4 rings (SSSR count). The molecule has 0 aliphatic carbocycles. The third-order valence-electron chi connectivity index (χ3n) is 4.74. The lowest BCUT2D eigenvalue weighted by atomic mass is 10.0. The Morgan fingerprint density at radius 1 is 1.10 bits per heavy atom. The summed E-state index contributed by atoms with van der Waals surface area (Å²) in [5.41, 5.74) is 9.33. The van der Waals surface area contributed by atoms with E-state index < -0.39 is 0 Å². The van der Waals surface area contributed by atoms with Gasteiger partial charge in [-0.25, -0.2) is 9.98 Å². The molecule has 1 unspecified atom stereocenters.